The molecule has 1 heterocycles. The van der Waals surface area contributed by atoms with E-state index in [1.54, 1.807) is 6.33 Å². The first-order valence-electron chi connectivity index (χ1n) is 7.54. The first-order chi connectivity index (χ1) is 10.5. The van der Waals surface area contributed by atoms with Crippen LogP contribution in [0.4, 0.5) is 0 Å². The van der Waals surface area contributed by atoms with Gasteiger partial charge in [-0.2, -0.15) is 0 Å². The minimum absolute atomic E-state index is 0.0292. The van der Waals surface area contributed by atoms with Crippen molar-refractivity contribution in [2.24, 2.45) is 0 Å². The van der Waals surface area contributed by atoms with Gasteiger partial charge < -0.3 is 0 Å². The van der Waals surface area contributed by atoms with E-state index in [1.165, 1.54) is 0 Å². The van der Waals surface area contributed by atoms with Gasteiger partial charge in [-0.1, -0.05) is 63.2 Å². The van der Waals surface area contributed by atoms with E-state index in [0.29, 0.717) is 11.9 Å². The fourth-order valence-electron chi connectivity index (χ4n) is 2.23. The second-order valence-corrected chi connectivity index (χ2v) is 6.10. The molecule has 2 aromatic carbocycles. The molecule has 3 heteroatoms. The third-order valence-corrected chi connectivity index (χ3v) is 3.50. The van der Waals surface area contributed by atoms with Crippen LogP contribution in [0.1, 0.15) is 27.7 Å². The van der Waals surface area contributed by atoms with E-state index in [4.69, 9.17) is 1.37 Å². The van der Waals surface area contributed by atoms with E-state index in [2.05, 4.69) is 37.0 Å². The Morgan fingerprint density at radius 2 is 1.76 bits per heavy atom. The predicted octanol–water partition coefficient (Wildman–Crippen LogP) is 4.23. The maximum atomic E-state index is 8.35. The van der Waals surface area contributed by atoms with Crippen molar-refractivity contribution in [2.45, 2.75) is 26.2 Å². The van der Waals surface area contributed by atoms with E-state index in [0.717, 1.165) is 16.8 Å². The standard InChI is InChI=1S/C18H19N3/c1-18(2,3)15-11-9-14(10-12-15)17-20-19-13-21(17)16-7-5-4-6-8-16/h4-13H,1-3H3/i9D. The van der Waals surface area contributed by atoms with Crippen molar-refractivity contribution in [2.75, 3.05) is 0 Å². The first kappa shape index (κ1) is 12.3. The maximum Gasteiger partial charge on any atom is 0.168 e. The van der Waals surface area contributed by atoms with E-state index in [9.17, 15) is 0 Å². The van der Waals surface area contributed by atoms with Gasteiger partial charge in [0.25, 0.3) is 0 Å². The first-order valence-corrected chi connectivity index (χ1v) is 7.04. The Labute approximate surface area is 126 Å². The Kier molecular flexibility index (Phi) is 3.03. The summed E-state index contributed by atoms with van der Waals surface area (Å²) < 4.78 is 10.3. The van der Waals surface area contributed by atoms with Crippen molar-refractivity contribution in [1.29, 1.82) is 0 Å². The zero-order chi connectivity index (χ0) is 15.7. The molecule has 0 unspecified atom stereocenters. The minimum Gasteiger partial charge on any atom is -0.282 e. The number of hydrogen-bond acceptors (Lipinski definition) is 2. The Balaban J connectivity index is 2.09. The summed E-state index contributed by atoms with van der Waals surface area (Å²) in [6.45, 7) is 6.44. The molecule has 21 heavy (non-hydrogen) atoms. The van der Waals surface area contributed by atoms with E-state index < -0.39 is 0 Å². The number of hydrogen-bond donors (Lipinski definition) is 0. The number of rotatable bonds is 2. The summed E-state index contributed by atoms with van der Waals surface area (Å²) in [6, 6.07) is 16.3. The van der Waals surface area contributed by atoms with Gasteiger partial charge in [0.1, 0.15) is 6.33 Å². The van der Waals surface area contributed by atoms with Crippen LogP contribution >= 0.6 is 0 Å². The molecule has 0 N–H and O–H groups in total. The second-order valence-electron chi connectivity index (χ2n) is 6.10. The van der Waals surface area contributed by atoms with Gasteiger partial charge in [0.05, 0.1) is 1.37 Å². The molecule has 0 saturated heterocycles. The zero-order valence-electron chi connectivity index (χ0n) is 13.5. The van der Waals surface area contributed by atoms with Gasteiger partial charge in [-0.05, 0) is 23.1 Å². The van der Waals surface area contributed by atoms with Gasteiger partial charge in [0.15, 0.2) is 5.82 Å². The summed E-state index contributed by atoms with van der Waals surface area (Å²) >= 11 is 0. The third-order valence-electron chi connectivity index (χ3n) is 3.50. The van der Waals surface area contributed by atoms with Gasteiger partial charge in [0, 0.05) is 11.3 Å². The molecule has 0 bridgehead atoms. The number of benzene rings is 2. The molecule has 3 nitrogen and oxygen atoms in total. The minimum atomic E-state index is 0.0292. The van der Waals surface area contributed by atoms with Crippen LogP contribution in [-0.4, -0.2) is 14.8 Å². The Morgan fingerprint density at radius 3 is 2.43 bits per heavy atom. The molecular weight excluding hydrogens is 258 g/mol. The van der Waals surface area contributed by atoms with Crippen molar-refractivity contribution in [3.8, 4) is 17.1 Å². The molecule has 3 aromatic rings. The summed E-state index contributed by atoms with van der Waals surface area (Å²) in [5, 5.41) is 8.23. The number of nitrogens with zero attached hydrogens (tertiary/aromatic N) is 3. The predicted molar refractivity (Wildman–Crippen MR) is 85.5 cm³/mol. The Bertz CT molecular complexity index is 786. The molecule has 1 aromatic heterocycles. The van der Waals surface area contributed by atoms with Gasteiger partial charge in [0.2, 0.25) is 0 Å². The molecular formula is C18H19N3. The molecule has 3 rings (SSSR count). The molecule has 0 aliphatic rings. The average Bonchev–Trinajstić information content (AvgIpc) is 2.96. The van der Waals surface area contributed by atoms with Crippen LogP contribution in [0.5, 0.6) is 0 Å². The topological polar surface area (TPSA) is 30.7 Å². The SMILES string of the molecule is [2H]c1cc(C(C)(C)C)ccc1-c1nncn1-c1ccccc1. The summed E-state index contributed by atoms with van der Waals surface area (Å²) in [4.78, 5) is 0. The van der Waals surface area contributed by atoms with E-state index in [-0.39, 0.29) is 5.41 Å². The molecule has 0 atom stereocenters. The zero-order valence-corrected chi connectivity index (χ0v) is 12.5. The highest BCUT2D eigenvalue weighted by molar-refractivity contribution is 5.58. The molecule has 0 radical (unpaired) electrons. The fourth-order valence-corrected chi connectivity index (χ4v) is 2.23. The smallest absolute Gasteiger partial charge is 0.168 e. The molecule has 0 spiro atoms. The van der Waals surface area contributed by atoms with Crippen LogP contribution in [0, 0.1) is 0 Å². The molecule has 106 valence electrons. The second kappa shape index (κ2) is 5.17. The normalized spacial score (nSPS) is 12.2. The van der Waals surface area contributed by atoms with Crippen molar-refractivity contribution < 1.29 is 1.37 Å². The van der Waals surface area contributed by atoms with Crippen molar-refractivity contribution >= 4 is 0 Å². The van der Waals surface area contributed by atoms with Crippen LogP contribution in [0.15, 0.2) is 60.9 Å². The van der Waals surface area contributed by atoms with Crippen LogP contribution < -0.4 is 0 Å². The quantitative estimate of drug-likeness (QED) is 0.702. The summed E-state index contributed by atoms with van der Waals surface area (Å²) in [6.07, 6.45) is 1.68. The summed E-state index contributed by atoms with van der Waals surface area (Å²) in [5.74, 6) is 0.691. The van der Waals surface area contributed by atoms with Gasteiger partial charge in [-0.25, -0.2) is 0 Å². The monoisotopic (exact) mass is 278 g/mol. The molecule has 0 saturated carbocycles. The number of para-hydroxylation sites is 1. The third kappa shape index (κ3) is 2.72. The van der Waals surface area contributed by atoms with Crippen molar-refractivity contribution in [3.05, 3.63) is 66.5 Å². The van der Waals surface area contributed by atoms with Crippen LogP contribution in [0.3, 0.4) is 0 Å². The highest BCUT2D eigenvalue weighted by Crippen LogP contribution is 2.26. The van der Waals surface area contributed by atoms with Crippen LogP contribution in [-0.2, 0) is 5.41 Å². The average molecular weight is 278 g/mol. The lowest BCUT2D eigenvalue weighted by Gasteiger charge is -2.19. The van der Waals surface area contributed by atoms with E-state index >= 15 is 0 Å². The Hall–Kier alpha value is -2.42. The van der Waals surface area contributed by atoms with Crippen molar-refractivity contribution in [3.63, 3.8) is 0 Å². The highest BCUT2D eigenvalue weighted by atomic mass is 15.3. The van der Waals surface area contributed by atoms with Crippen molar-refractivity contribution in [1.82, 2.24) is 14.8 Å². The molecule has 0 aliphatic heterocycles. The van der Waals surface area contributed by atoms with Gasteiger partial charge in [-0.3, -0.25) is 4.57 Å². The Morgan fingerprint density at radius 1 is 1.00 bits per heavy atom. The van der Waals surface area contributed by atoms with Gasteiger partial charge >= 0.3 is 0 Å². The summed E-state index contributed by atoms with van der Waals surface area (Å²) in [5.41, 5.74) is 2.95. The lowest BCUT2D eigenvalue weighted by molar-refractivity contribution is 0.590. The molecule has 0 aliphatic carbocycles. The molecule has 0 amide bonds. The number of aromatic nitrogens is 3. The largest absolute Gasteiger partial charge is 0.282 e. The lowest BCUT2D eigenvalue weighted by atomic mass is 9.87. The van der Waals surface area contributed by atoms with Crippen LogP contribution in [0.2, 0.25) is 0 Å². The van der Waals surface area contributed by atoms with Gasteiger partial charge in [-0.15, -0.1) is 10.2 Å². The molecule has 0 fully saturated rings. The maximum absolute atomic E-state index is 8.35. The van der Waals surface area contributed by atoms with E-state index in [1.807, 2.05) is 47.0 Å². The van der Waals surface area contributed by atoms with Crippen LogP contribution in [0.25, 0.3) is 17.1 Å². The summed E-state index contributed by atoms with van der Waals surface area (Å²) in [7, 11) is 0. The fraction of sp³-hybridized carbons (Fsp3) is 0.222. The highest BCUT2D eigenvalue weighted by Gasteiger charge is 2.14. The lowest BCUT2D eigenvalue weighted by Crippen LogP contribution is -2.10.